The highest BCUT2D eigenvalue weighted by Gasteiger charge is 2.27. The van der Waals surface area contributed by atoms with Crippen molar-refractivity contribution in [3.8, 4) is 0 Å². The maximum atomic E-state index is 5.54. The van der Waals surface area contributed by atoms with Crippen LogP contribution in [0.5, 0.6) is 0 Å². The summed E-state index contributed by atoms with van der Waals surface area (Å²) >= 11 is 9.05. The quantitative estimate of drug-likeness (QED) is 0.794. The Bertz CT molecular complexity index is 660. The number of imidazole rings is 1. The van der Waals surface area contributed by atoms with Gasteiger partial charge in [0.2, 0.25) is 0 Å². The maximum Gasteiger partial charge on any atom is 0.178 e. The molecule has 2 heterocycles. The van der Waals surface area contributed by atoms with Crippen LogP contribution in [-0.2, 0) is 0 Å². The molecule has 3 nitrogen and oxygen atoms in total. The fraction of sp³-hybridized carbons (Fsp3) is 0.500. The summed E-state index contributed by atoms with van der Waals surface area (Å²) in [5.41, 5.74) is 2.33. The zero-order valence-electron chi connectivity index (χ0n) is 11.2. The van der Waals surface area contributed by atoms with Gasteiger partial charge in [-0.3, -0.25) is 0 Å². The molecule has 0 radical (unpaired) electrons. The fourth-order valence-corrected chi connectivity index (χ4v) is 3.86. The summed E-state index contributed by atoms with van der Waals surface area (Å²) in [5.74, 6) is 0.619. The molecule has 0 amide bonds. The van der Waals surface area contributed by atoms with Gasteiger partial charge in [0.05, 0.1) is 11.0 Å². The number of piperidine rings is 1. The Morgan fingerprint density at radius 2 is 2.21 bits per heavy atom. The standard InChI is InChI=1S/C14H18BrN3S/c1-9-8-17(2)6-5-12(9)18-13-4-3-10(15)7-11(13)16-14(18)19/h3-4,7,9,12H,5-6,8H2,1-2H3,(H,16,19). The van der Waals surface area contributed by atoms with Gasteiger partial charge >= 0.3 is 0 Å². The minimum Gasteiger partial charge on any atom is -0.331 e. The summed E-state index contributed by atoms with van der Waals surface area (Å²) in [6.45, 7) is 4.59. The van der Waals surface area contributed by atoms with Gasteiger partial charge in [-0.05, 0) is 56.3 Å². The third-order valence-electron chi connectivity index (χ3n) is 4.07. The van der Waals surface area contributed by atoms with Crippen LogP contribution in [0.2, 0.25) is 0 Å². The second kappa shape index (κ2) is 5.04. The van der Waals surface area contributed by atoms with Crippen LogP contribution in [0.3, 0.4) is 0 Å². The molecule has 5 heteroatoms. The minimum atomic E-state index is 0.499. The van der Waals surface area contributed by atoms with Gasteiger partial charge in [0.15, 0.2) is 4.77 Å². The predicted molar refractivity (Wildman–Crippen MR) is 85.1 cm³/mol. The normalized spacial score (nSPS) is 25.0. The van der Waals surface area contributed by atoms with E-state index < -0.39 is 0 Å². The molecule has 1 aromatic carbocycles. The molecule has 2 unspecified atom stereocenters. The van der Waals surface area contributed by atoms with Crippen LogP contribution in [0.4, 0.5) is 0 Å². The summed E-state index contributed by atoms with van der Waals surface area (Å²) < 4.78 is 4.24. The molecule has 1 N–H and O–H groups in total. The topological polar surface area (TPSA) is 24.0 Å². The Hall–Kier alpha value is -0.650. The van der Waals surface area contributed by atoms with Crippen molar-refractivity contribution in [1.82, 2.24) is 14.5 Å². The van der Waals surface area contributed by atoms with Gasteiger partial charge in [-0.1, -0.05) is 22.9 Å². The smallest absolute Gasteiger partial charge is 0.178 e. The molecule has 0 aliphatic carbocycles. The van der Waals surface area contributed by atoms with Crippen LogP contribution in [0, 0.1) is 10.7 Å². The highest BCUT2D eigenvalue weighted by molar-refractivity contribution is 9.10. The molecule has 3 rings (SSSR count). The van der Waals surface area contributed by atoms with Crippen LogP contribution >= 0.6 is 28.1 Å². The molecular weight excluding hydrogens is 322 g/mol. The van der Waals surface area contributed by atoms with Crippen LogP contribution in [0.1, 0.15) is 19.4 Å². The van der Waals surface area contributed by atoms with Gasteiger partial charge in [-0.25, -0.2) is 0 Å². The zero-order chi connectivity index (χ0) is 13.6. The molecule has 1 fully saturated rings. The number of aromatic nitrogens is 2. The lowest BCUT2D eigenvalue weighted by atomic mass is 9.94. The third kappa shape index (κ3) is 2.39. The van der Waals surface area contributed by atoms with Gasteiger partial charge < -0.3 is 14.5 Å². The van der Waals surface area contributed by atoms with Gasteiger partial charge in [0.1, 0.15) is 0 Å². The molecule has 19 heavy (non-hydrogen) atoms. The molecule has 1 saturated heterocycles. The average Bonchev–Trinajstić information content (AvgIpc) is 2.65. The number of nitrogens with one attached hydrogen (secondary N) is 1. The number of rotatable bonds is 1. The molecule has 0 saturated carbocycles. The van der Waals surface area contributed by atoms with E-state index in [1.54, 1.807) is 0 Å². The molecule has 2 atom stereocenters. The second-order valence-electron chi connectivity index (χ2n) is 5.56. The predicted octanol–water partition coefficient (Wildman–Crippen LogP) is 3.97. The van der Waals surface area contributed by atoms with E-state index >= 15 is 0 Å². The van der Waals surface area contributed by atoms with E-state index in [0.29, 0.717) is 12.0 Å². The lowest BCUT2D eigenvalue weighted by Crippen LogP contribution is -2.37. The number of H-pyrrole nitrogens is 1. The molecule has 1 aliphatic heterocycles. The maximum absolute atomic E-state index is 5.54. The van der Waals surface area contributed by atoms with Crippen molar-refractivity contribution in [2.75, 3.05) is 20.1 Å². The first-order valence-corrected chi connectivity index (χ1v) is 7.84. The van der Waals surface area contributed by atoms with E-state index in [1.807, 2.05) is 0 Å². The summed E-state index contributed by atoms with van der Waals surface area (Å²) in [5, 5.41) is 0. The monoisotopic (exact) mass is 339 g/mol. The van der Waals surface area contributed by atoms with Crippen LogP contribution < -0.4 is 0 Å². The average molecular weight is 340 g/mol. The first-order valence-electron chi connectivity index (χ1n) is 6.64. The molecule has 1 aromatic heterocycles. The Labute approximate surface area is 126 Å². The third-order valence-corrected chi connectivity index (χ3v) is 4.87. The highest BCUT2D eigenvalue weighted by atomic mass is 79.9. The molecule has 2 aromatic rings. The molecule has 0 spiro atoms. The summed E-state index contributed by atoms with van der Waals surface area (Å²) in [7, 11) is 2.19. The van der Waals surface area contributed by atoms with Gasteiger partial charge in [0.25, 0.3) is 0 Å². The number of nitrogens with zero attached hydrogens (tertiary/aromatic N) is 2. The van der Waals surface area contributed by atoms with Crippen LogP contribution in [0.25, 0.3) is 11.0 Å². The SMILES string of the molecule is CC1CN(C)CCC1n1c(=S)[nH]c2cc(Br)ccc21. The Kier molecular flexibility index (Phi) is 3.53. The second-order valence-corrected chi connectivity index (χ2v) is 6.86. The minimum absolute atomic E-state index is 0.499. The lowest BCUT2D eigenvalue weighted by molar-refractivity contribution is 0.160. The lowest BCUT2D eigenvalue weighted by Gasteiger charge is -2.35. The van der Waals surface area contributed by atoms with Crippen molar-refractivity contribution in [2.24, 2.45) is 5.92 Å². The number of fused-ring (bicyclic) bond motifs is 1. The van der Waals surface area contributed by atoms with E-state index in [2.05, 4.69) is 62.6 Å². The number of benzene rings is 1. The van der Waals surface area contributed by atoms with E-state index in [4.69, 9.17) is 12.2 Å². The fourth-order valence-electron chi connectivity index (χ4n) is 3.16. The van der Waals surface area contributed by atoms with E-state index in [9.17, 15) is 0 Å². The summed E-state index contributed by atoms with van der Waals surface area (Å²) in [6.07, 6.45) is 1.16. The number of aromatic amines is 1. The Morgan fingerprint density at radius 1 is 1.42 bits per heavy atom. The first kappa shape index (κ1) is 13.3. The van der Waals surface area contributed by atoms with Gasteiger partial charge in [-0.2, -0.15) is 0 Å². The van der Waals surface area contributed by atoms with Crippen LogP contribution in [0.15, 0.2) is 22.7 Å². The molecule has 0 bridgehead atoms. The summed E-state index contributed by atoms with van der Waals surface area (Å²) in [4.78, 5) is 5.73. The molecular formula is C14H18BrN3S. The van der Waals surface area contributed by atoms with Crippen molar-refractivity contribution in [1.29, 1.82) is 0 Å². The van der Waals surface area contributed by atoms with Crippen molar-refractivity contribution < 1.29 is 0 Å². The highest BCUT2D eigenvalue weighted by Crippen LogP contribution is 2.31. The van der Waals surface area contributed by atoms with Crippen molar-refractivity contribution in [3.63, 3.8) is 0 Å². The largest absolute Gasteiger partial charge is 0.331 e. The number of likely N-dealkylation sites (tertiary alicyclic amines) is 1. The summed E-state index contributed by atoms with van der Waals surface area (Å²) in [6, 6.07) is 6.83. The Morgan fingerprint density at radius 3 is 2.95 bits per heavy atom. The van der Waals surface area contributed by atoms with Crippen molar-refractivity contribution >= 4 is 39.2 Å². The number of hydrogen-bond acceptors (Lipinski definition) is 2. The molecule has 1 aliphatic rings. The van der Waals surface area contributed by atoms with Gasteiger partial charge in [-0.15, -0.1) is 0 Å². The van der Waals surface area contributed by atoms with E-state index in [0.717, 1.165) is 34.3 Å². The first-order chi connectivity index (χ1) is 9.06. The zero-order valence-corrected chi connectivity index (χ0v) is 13.6. The number of halogens is 1. The van der Waals surface area contributed by atoms with E-state index in [-0.39, 0.29) is 0 Å². The molecule has 102 valence electrons. The van der Waals surface area contributed by atoms with E-state index in [1.165, 1.54) is 5.52 Å². The number of hydrogen-bond donors (Lipinski definition) is 1. The van der Waals surface area contributed by atoms with Gasteiger partial charge in [0, 0.05) is 17.1 Å². The van der Waals surface area contributed by atoms with Crippen LogP contribution in [-0.4, -0.2) is 34.6 Å². The van der Waals surface area contributed by atoms with Crippen molar-refractivity contribution in [3.05, 3.63) is 27.4 Å². The van der Waals surface area contributed by atoms with Crippen molar-refractivity contribution in [2.45, 2.75) is 19.4 Å². The Balaban J connectivity index is 2.09.